The lowest BCUT2D eigenvalue weighted by Gasteiger charge is -2.25. The van der Waals surface area contributed by atoms with Crippen molar-refractivity contribution in [3.8, 4) is 5.75 Å². The Morgan fingerprint density at radius 1 is 1.00 bits per heavy atom. The average molecular weight is 479 g/mol. The first kappa shape index (κ1) is 22.7. The van der Waals surface area contributed by atoms with E-state index in [1.54, 1.807) is 48.5 Å². The van der Waals surface area contributed by atoms with Gasteiger partial charge in [0, 0.05) is 18.5 Å². The number of aliphatic hydroxyl groups excluding tert-OH is 1. The van der Waals surface area contributed by atoms with Crippen LogP contribution in [0.15, 0.2) is 78.4 Å². The van der Waals surface area contributed by atoms with Crippen molar-refractivity contribution in [3.63, 3.8) is 0 Å². The molecule has 1 unspecified atom stereocenters. The summed E-state index contributed by atoms with van der Waals surface area (Å²) in [5, 5.41) is 11.2. The van der Waals surface area contributed by atoms with Crippen molar-refractivity contribution in [1.29, 1.82) is 0 Å². The summed E-state index contributed by atoms with van der Waals surface area (Å²) in [5.74, 6) is -1.41. The Morgan fingerprint density at radius 2 is 1.77 bits per heavy atom. The van der Waals surface area contributed by atoms with Gasteiger partial charge in [-0.1, -0.05) is 42.5 Å². The number of hydrogen-bond donors (Lipinski definition) is 1. The highest BCUT2D eigenvalue weighted by Gasteiger charge is 2.46. The first-order chi connectivity index (χ1) is 16.7. The van der Waals surface area contributed by atoms with E-state index in [9.17, 15) is 27.9 Å². The van der Waals surface area contributed by atoms with Gasteiger partial charge >= 0.3 is 6.18 Å². The van der Waals surface area contributed by atoms with Crippen molar-refractivity contribution >= 4 is 17.4 Å². The van der Waals surface area contributed by atoms with E-state index in [0.717, 1.165) is 17.7 Å². The second-order valence-electron chi connectivity index (χ2n) is 8.46. The van der Waals surface area contributed by atoms with Crippen LogP contribution in [0.1, 0.15) is 33.9 Å². The van der Waals surface area contributed by atoms with Crippen LogP contribution in [0.3, 0.4) is 0 Å². The Labute approximate surface area is 199 Å². The number of carbonyl (C=O) groups excluding carboxylic acids is 2. The maximum atomic E-state index is 13.2. The molecule has 1 N–H and O–H groups in total. The fourth-order valence-corrected chi connectivity index (χ4v) is 4.56. The van der Waals surface area contributed by atoms with Gasteiger partial charge in [-0.25, -0.2) is 0 Å². The molecule has 3 aromatic carbocycles. The molecule has 0 aromatic heterocycles. The molecule has 2 heterocycles. The number of halogens is 3. The molecule has 35 heavy (non-hydrogen) atoms. The smallest absolute Gasteiger partial charge is 0.416 e. The van der Waals surface area contributed by atoms with Crippen LogP contribution in [0.25, 0.3) is 5.76 Å². The van der Waals surface area contributed by atoms with Crippen LogP contribution in [0, 0.1) is 0 Å². The predicted octanol–water partition coefficient (Wildman–Crippen LogP) is 5.26. The van der Waals surface area contributed by atoms with Gasteiger partial charge in [0.15, 0.2) is 0 Å². The standard InChI is InChI=1S/C27H20F3NO4/c28-27(29,30)20-8-4-5-16(13-20)15-31-23(17-6-2-1-3-7-17)22(25(33)26(31)34)24(32)19-9-10-21-18(14-19)11-12-35-21/h1-10,13-14,23,32H,11-12,15H2/b24-22-. The highest BCUT2D eigenvalue weighted by atomic mass is 19.4. The molecule has 178 valence electrons. The lowest BCUT2D eigenvalue weighted by molar-refractivity contribution is -0.140. The van der Waals surface area contributed by atoms with Gasteiger partial charge in [-0.3, -0.25) is 9.59 Å². The Kier molecular flexibility index (Phi) is 5.59. The van der Waals surface area contributed by atoms with Gasteiger partial charge in [0.25, 0.3) is 11.7 Å². The van der Waals surface area contributed by atoms with E-state index in [4.69, 9.17) is 4.74 Å². The van der Waals surface area contributed by atoms with Gasteiger partial charge in [0.1, 0.15) is 11.5 Å². The maximum absolute atomic E-state index is 13.2. The molecule has 1 amide bonds. The minimum absolute atomic E-state index is 0.105. The lowest BCUT2D eigenvalue weighted by atomic mass is 9.94. The second kappa shape index (κ2) is 8.61. The van der Waals surface area contributed by atoms with Crippen LogP contribution in [0.4, 0.5) is 13.2 Å². The molecule has 2 aliphatic rings. The van der Waals surface area contributed by atoms with Crippen LogP contribution < -0.4 is 4.74 Å². The number of fused-ring (bicyclic) bond motifs is 1. The molecule has 0 bridgehead atoms. The first-order valence-electron chi connectivity index (χ1n) is 11.0. The van der Waals surface area contributed by atoms with E-state index in [-0.39, 0.29) is 23.4 Å². The monoisotopic (exact) mass is 479 g/mol. The van der Waals surface area contributed by atoms with Crippen molar-refractivity contribution < 1.29 is 32.6 Å². The molecular formula is C27H20F3NO4. The number of aliphatic hydroxyl groups is 1. The number of ether oxygens (including phenoxy) is 1. The number of hydrogen-bond acceptors (Lipinski definition) is 4. The van der Waals surface area contributed by atoms with Crippen molar-refractivity contribution in [3.05, 3.63) is 106 Å². The zero-order valence-corrected chi connectivity index (χ0v) is 18.4. The van der Waals surface area contributed by atoms with Crippen LogP contribution in [-0.4, -0.2) is 28.3 Å². The highest BCUT2D eigenvalue weighted by molar-refractivity contribution is 6.46. The van der Waals surface area contributed by atoms with Crippen LogP contribution in [0.5, 0.6) is 5.75 Å². The highest BCUT2D eigenvalue weighted by Crippen LogP contribution is 2.41. The molecule has 2 aliphatic heterocycles. The number of benzene rings is 3. The number of nitrogens with zero attached hydrogens (tertiary/aromatic N) is 1. The summed E-state index contributed by atoms with van der Waals surface area (Å²) in [6, 6.07) is 17.4. The third-order valence-corrected chi connectivity index (χ3v) is 6.23. The molecule has 0 saturated carbocycles. The van der Waals surface area contributed by atoms with Crippen LogP contribution in [0.2, 0.25) is 0 Å². The molecule has 0 radical (unpaired) electrons. The summed E-state index contributed by atoms with van der Waals surface area (Å²) in [7, 11) is 0. The Bertz CT molecular complexity index is 1350. The van der Waals surface area contributed by atoms with Crippen molar-refractivity contribution in [1.82, 2.24) is 4.90 Å². The molecule has 3 aromatic rings. The maximum Gasteiger partial charge on any atom is 0.416 e. The Balaban J connectivity index is 1.60. The van der Waals surface area contributed by atoms with Gasteiger partial charge in [-0.2, -0.15) is 13.2 Å². The number of alkyl halides is 3. The molecule has 0 aliphatic carbocycles. The zero-order valence-electron chi connectivity index (χ0n) is 18.4. The topological polar surface area (TPSA) is 66.8 Å². The van der Waals surface area contributed by atoms with Gasteiger partial charge < -0.3 is 14.7 Å². The summed E-state index contributed by atoms with van der Waals surface area (Å²) in [6.45, 7) is 0.286. The molecule has 1 fully saturated rings. The molecular weight excluding hydrogens is 459 g/mol. The summed E-state index contributed by atoms with van der Waals surface area (Å²) in [4.78, 5) is 27.5. The number of rotatable bonds is 4. The first-order valence-corrected chi connectivity index (χ1v) is 11.0. The number of Topliss-reactive ketones (excluding diaryl/α,β-unsaturated/α-hetero) is 1. The molecule has 1 saturated heterocycles. The number of amides is 1. The summed E-state index contributed by atoms with van der Waals surface area (Å²) in [5.41, 5.74) is 1.08. The van der Waals surface area contributed by atoms with E-state index in [0.29, 0.717) is 29.9 Å². The van der Waals surface area contributed by atoms with E-state index < -0.39 is 29.5 Å². The number of carbonyl (C=O) groups is 2. The van der Waals surface area contributed by atoms with E-state index in [1.807, 2.05) is 0 Å². The lowest BCUT2D eigenvalue weighted by Crippen LogP contribution is -2.29. The van der Waals surface area contributed by atoms with Crippen molar-refractivity contribution in [2.24, 2.45) is 0 Å². The third-order valence-electron chi connectivity index (χ3n) is 6.23. The summed E-state index contributed by atoms with van der Waals surface area (Å²) >= 11 is 0. The molecule has 0 spiro atoms. The predicted molar refractivity (Wildman–Crippen MR) is 121 cm³/mol. The van der Waals surface area contributed by atoms with Crippen LogP contribution >= 0.6 is 0 Å². The summed E-state index contributed by atoms with van der Waals surface area (Å²) in [6.07, 6.45) is -3.89. The van der Waals surface area contributed by atoms with E-state index in [1.165, 1.54) is 17.0 Å². The van der Waals surface area contributed by atoms with Gasteiger partial charge in [0.05, 0.1) is 23.8 Å². The normalized spacial score (nSPS) is 19.1. The fourth-order valence-electron chi connectivity index (χ4n) is 4.56. The second-order valence-corrected chi connectivity index (χ2v) is 8.46. The number of ketones is 1. The minimum atomic E-state index is -4.54. The van der Waals surface area contributed by atoms with E-state index >= 15 is 0 Å². The van der Waals surface area contributed by atoms with Gasteiger partial charge in [-0.05, 0) is 47.0 Å². The quantitative estimate of drug-likeness (QED) is 0.315. The Morgan fingerprint density at radius 3 is 2.51 bits per heavy atom. The zero-order chi connectivity index (χ0) is 24.7. The SMILES string of the molecule is O=C1C(=O)N(Cc2cccc(C(F)(F)F)c2)C(c2ccccc2)/C1=C(/O)c1ccc2c(c1)CCO2. The van der Waals surface area contributed by atoms with Crippen molar-refractivity contribution in [2.75, 3.05) is 6.61 Å². The molecule has 8 heteroatoms. The number of likely N-dealkylation sites (tertiary alicyclic amines) is 1. The molecule has 5 nitrogen and oxygen atoms in total. The molecule has 5 rings (SSSR count). The van der Waals surface area contributed by atoms with Gasteiger partial charge in [0.2, 0.25) is 0 Å². The Hall–Kier alpha value is -4.07. The fraction of sp³-hybridized carbons (Fsp3) is 0.185. The third kappa shape index (κ3) is 4.16. The minimum Gasteiger partial charge on any atom is -0.507 e. The van der Waals surface area contributed by atoms with Crippen molar-refractivity contribution in [2.45, 2.75) is 25.2 Å². The largest absolute Gasteiger partial charge is 0.507 e. The van der Waals surface area contributed by atoms with Crippen LogP contribution in [-0.2, 0) is 28.7 Å². The summed E-state index contributed by atoms with van der Waals surface area (Å²) < 4.78 is 45.2. The van der Waals surface area contributed by atoms with E-state index in [2.05, 4.69) is 0 Å². The van der Waals surface area contributed by atoms with Gasteiger partial charge in [-0.15, -0.1) is 0 Å². The average Bonchev–Trinajstić information content (AvgIpc) is 3.42. The molecule has 1 atom stereocenters.